The van der Waals surface area contributed by atoms with Gasteiger partial charge in [-0.3, -0.25) is 0 Å². The molecule has 1 unspecified atom stereocenters. The van der Waals surface area contributed by atoms with E-state index in [0.717, 1.165) is 5.75 Å². The summed E-state index contributed by atoms with van der Waals surface area (Å²) in [4.78, 5) is 0. The largest absolute Gasteiger partial charge is 0.492 e. The van der Waals surface area contributed by atoms with Gasteiger partial charge >= 0.3 is 0 Å². The number of aliphatic hydroxyl groups is 1. The third-order valence-electron chi connectivity index (χ3n) is 3.27. The number of benzene rings is 1. The van der Waals surface area contributed by atoms with E-state index < -0.39 is 0 Å². The van der Waals surface area contributed by atoms with Gasteiger partial charge in [0, 0.05) is 6.04 Å². The van der Waals surface area contributed by atoms with Gasteiger partial charge < -0.3 is 15.2 Å². The first-order valence-corrected chi connectivity index (χ1v) is 6.78. The molecule has 0 radical (unpaired) electrons. The van der Waals surface area contributed by atoms with Gasteiger partial charge in [-0.25, -0.2) is 0 Å². The summed E-state index contributed by atoms with van der Waals surface area (Å²) in [5.41, 5.74) is 1.32. The van der Waals surface area contributed by atoms with Crippen LogP contribution >= 0.6 is 0 Å². The zero-order chi connectivity index (χ0) is 13.0. The second-order valence-corrected chi connectivity index (χ2v) is 5.36. The first-order chi connectivity index (χ1) is 8.69. The number of rotatable bonds is 7. The summed E-state index contributed by atoms with van der Waals surface area (Å²) in [5, 5.41) is 12.6. The van der Waals surface area contributed by atoms with E-state index in [1.165, 1.54) is 18.4 Å². The molecule has 0 amide bonds. The lowest BCUT2D eigenvalue weighted by molar-refractivity contribution is 0.182. The van der Waals surface area contributed by atoms with Crippen LogP contribution in [-0.4, -0.2) is 30.4 Å². The molecular weight excluding hydrogens is 226 g/mol. The zero-order valence-corrected chi connectivity index (χ0v) is 11.2. The van der Waals surface area contributed by atoms with E-state index in [1.807, 2.05) is 12.1 Å². The fourth-order valence-corrected chi connectivity index (χ4v) is 1.88. The van der Waals surface area contributed by atoms with Crippen LogP contribution in [0.2, 0.25) is 0 Å². The van der Waals surface area contributed by atoms with Gasteiger partial charge in [0.1, 0.15) is 12.4 Å². The van der Waals surface area contributed by atoms with Crippen LogP contribution in [0.5, 0.6) is 5.75 Å². The predicted molar refractivity (Wildman–Crippen MR) is 73.1 cm³/mol. The van der Waals surface area contributed by atoms with Crippen LogP contribution in [0.25, 0.3) is 0 Å². The van der Waals surface area contributed by atoms with Crippen LogP contribution in [-0.2, 0) is 0 Å². The molecule has 1 saturated carbocycles. The van der Waals surface area contributed by atoms with Crippen molar-refractivity contribution >= 4 is 0 Å². The molecule has 0 spiro atoms. The average Bonchev–Trinajstić information content (AvgIpc) is 3.18. The van der Waals surface area contributed by atoms with E-state index in [1.54, 1.807) is 0 Å². The Morgan fingerprint density at radius 3 is 2.44 bits per heavy atom. The van der Waals surface area contributed by atoms with Crippen molar-refractivity contribution in [3.63, 3.8) is 0 Å². The maximum atomic E-state index is 9.26. The fourth-order valence-electron chi connectivity index (χ4n) is 1.88. The summed E-state index contributed by atoms with van der Waals surface area (Å²) in [6.45, 7) is 5.00. The Hall–Kier alpha value is -1.06. The van der Waals surface area contributed by atoms with Gasteiger partial charge in [-0.2, -0.15) is 0 Å². The monoisotopic (exact) mass is 249 g/mol. The summed E-state index contributed by atoms with van der Waals surface area (Å²) in [5.74, 6) is 1.41. The molecule has 2 rings (SSSR count). The molecule has 3 heteroatoms. The van der Waals surface area contributed by atoms with Crippen LogP contribution in [0.15, 0.2) is 24.3 Å². The molecule has 1 aromatic carbocycles. The lowest BCUT2D eigenvalue weighted by Gasteiger charge is -2.17. The van der Waals surface area contributed by atoms with E-state index in [-0.39, 0.29) is 12.6 Å². The van der Waals surface area contributed by atoms with Crippen LogP contribution in [0, 0.1) is 0 Å². The van der Waals surface area contributed by atoms with Crippen molar-refractivity contribution < 1.29 is 9.84 Å². The van der Waals surface area contributed by atoms with Crippen LogP contribution in [0.3, 0.4) is 0 Å². The Labute approximate surface area is 109 Å². The highest BCUT2D eigenvalue weighted by Gasteiger charge is 2.24. The standard InChI is InChI=1S/C15H23NO2/c1-11(2)12-3-7-15(8-4-12)18-10-14(9-17)16-13-5-6-13/h3-4,7-8,11,13-14,16-17H,5-6,9-10H2,1-2H3. The summed E-state index contributed by atoms with van der Waals surface area (Å²) in [6, 6.07) is 8.84. The van der Waals surface area contributed by atoms with Crippen LogP contribution in [0.1, 0.15) is 38.2 Å². The fraction of sp³-hybridized carbons (Fsp3) is 0.600. The quantitative estimate of drug-likeness (QED) is 0.779. The van der Waals surface area contributed by atoms with Gasteiger partial charge in [0.15, 0.2) is 0 Å². The maximum absolute atomic E-state index is 9.26. The molecule has 0 saturated heterocycles. The van der Waals surface area contributed by atoms with Gasteiger partial charge in [-0.05, 0) is 36.5 Å². The minimum Gasteiger partial charge on any atom is -0.492 e. The first-order valence-electron chi connectivity index (χ1n) is 6.78. The molecular formula is C15H23NO2. The van der Waals surface area contributed by atoms with Gasteiger partial charge in [0.2, 0.25) is 0 Å². The van der Waals surface area contributed by atoms with Gasteiger partial charge in [-0.15, -0.1) is 0 Å². The maximum Gasteiger partial charge on any atom is 0.119 e. The molecule has 1 aliphatic rings. The second-order valence-electron chi connectivity index (χ2n) is 5.36. The van der Waals surface area contributed by atoms with E-state index in [0.29, 0.717) is 18.6 Å². The van der Waals surface area contributed by atoms with E-state index in [2.05, 4.69) is 31.3 Å². The molecule has 18 heavy (non-hydrogen) atoms. The highest BCUT2D eigenvalue weighted by atomic mass is 16.5. The number of nitrogens with one attached hydrogen (secondary N) is 1. The molecule has 1 fully saturated rings. The van der Waals surface area contributed by atoms with Crippen molar-refractivity contribution in [2.75, 3.05) is 13.2 Å². The third kappa shape index (κ3) is 4.00. The topological polar surface area (TPSA) is 41.5 Å². The SMILES string of the molecule is CC(C)c1ccc(OCC(CO)NC2CC2)cc1. The Balaban J connectivity index is 1.80. The lowest BCUT2D eigenvalue weighted by Crippen LogP contribution is -2.39. The van der Waals surface area contributed by atoms with Crippen LogP contribution < -0.4 is 10.1 Å². The minimum atomic E-state index is 0.0438. The molecule has 0 bridgehead atoms. The summed E-state index contributed by atoms with van der Waals surface area (Å²) in [6.07, 6.45) is 2.44. The molecule has 100 valence electrons. The van der Waals surface area contributed by atoms with Crippen molar-refractivity contribution in [1.29, 1.82) is 0 Å². The van der Waals surface area contributed by atoms with Gasteiger partial charge in [-0.1, -0.05) is 26.0 Å². The number of aliphatic hydroxyl groups excluding tert-OH is 1. The molecule has 1 aliphatic carbocycles. The zero-order valence-electron chi connectivity index (χ0n) is 11.2. The van der Waals surface area contributed by atoms with Gasteiger partial charge in [0.05, 0.1) is 12.6 Å². The molecule has 1 atom stereocenters. The van der Waals surface area contributed by atoms with Crippen molar-refractivity contribution in [2.24, 2.45) is 0 Å². The predicted octanol–water partition coefficient (Wildman–Crippen LogP) is 2.30. The van der Waals surface area contributed by atoms with Crippen molar-refractivity contribution in [1.82, 2.24) is 5.32 Å². The summed E-state index contributed by atoms with van der Waals surface area (Å²) in [7, 11) is 0. The third-order valence-corrected chi connectivity index (χ3v) is 3.27. The average molecular weight is 249 g/mol. The molecule has 1 aromatic rings. The Morgan fingerprint density at radius 1 is 1.28 bits per heavy atom. The normalized spacial score (nSPS) is 16.9. The first kappa shape index (κ1) is 13.4. The highest BCUT2D eigenvalue weighted by Crippen LogP contribution is 2.20. The molecule has 2 N–H and O–H groups in total. The smallest absolute Gasteiger partial charge is 0.119 e. The number of ether oxygens (including phenoxy) is 1. The molecule has 3 nitrogen and oxygen atoms in total. The Morgan fingerprint density at radius 2 is 1.94 bits per heavy atom. The number of hydrogen-bond donors (Lipinski definition) is 2. The Kier molecular flexibility index (Phi) is 4.61. The molecule has 0 aromatic heterocycles. The van der Waals surface area contributed by atoms with Crippen molar-refractivity contribution in [2.45, 2.75) is 44.7 Å². The summed E-state index contributed by atoms with van der Waals surface area (Å²) >= 11 is 0. The Bertz CT molecular complexity index is 357. The highest BCUT2D eigenvalue weighted by molar-refractivity contribution is 5.28. The van der Waals surface area contributed by atoms with Gasteiger partial charge in [0.25, 0.3) is 0 Å². The minimum absolute atomic E-state index is 0.0438. The van der Waals surface area contributed by atoms with Crippen LogP contribution in [0.4, 0.5) is 0 Å². The molecule has 0 aliphatic heterocycles. The second kappa shape index (κ2) is 6.21. The van der Waals surface area contributed by atoms with E-state index >= 15 is 0 Å². The van der Waals surface area contributed by atoms with E-state index in [9.17, 15) is 5.11 Å². The van der Waals surface area contributed by atoms with Crippen molar-refractivity contribution in [3.8, 4) is 5.75 Å². The van der Waals surface area contributed by atoms with E-state index in [4.69, 9.17) is 4.74 Å². The molecule has 0 heterocycles. The number of hydrogen-bond acceptors (Lipinski definition) is 3. The summed E-state index contributed by atoms with van der Waals surface area (Å²) < 4.78 is 5.70. The lowest BCUT2D eigenvalue weighted by atomic mass is 10.0. The van der Waals surface area contributed by atoms with Crippen molar-refractivity contribution in [3.05, 3.63) is 29.8 Å².